The van der Waals surface area contributed by atoms with Crippen LogP contribution in [0.2, 0.25) is 0 Å². The van der Waals surface area contributed by atoms with E-state index in [-0.39, 0.29) is 12.5 Å². The molecule has 2 aromatic rings. The fraction of sp³-hybridized carbons (Fsp3) is 0.167. The third-order valence-electron chi connectivity index (χ3n) is 2.25. The van der Waals surface area contributed by atoms with Gasteiger partial charge in [0.2, 0.25) is 11.8 Å². The van der Waals surface area contributed by atoms with Crippen LogP contribution in [0.25, 0.3) is 6.08 Å². The van der Waals surface area contributed by atoms with Crippen LogP contribution >= 0.6 is 11.3 Å². The predicted molar refractivity (Wildman–Crippen MR) is 75.9 cm³/mol. The van der Waals surface area contributed by atoms with Crippen molar-refractivity contribution < 1.29 is 9.59 Å². The lowest BCUT2D eigenvalue weighted by Gasteiger charge is -1.97. The Bertz CT molecular complexity index is 658. The number of carbonyl (C=O) groups is 2. The second-order valence-electron chi connectivity index (χ2n) is 3.98. The number of aryl methyl sites for hydroxylation is 1. The van der Waals surface area contributed by atoms with Gasteiger partial charge in [0, 0.05) is 23.7 Å². The van der Waals surface area contributed by atoms with Crippen LogP contribution in [-0.2, 0) is 16.1 Å². The zero-order valence-electron chi connectivity index (χ0n) is 10.7. The molecule has 20 heavy (non-hydrogen) atoms. The number of nitrogens with zero attached hydrogens (tertiary/aromatic N) is 3. The zero-order chi connectivity index (χ0) is 14.5. The van der Waals surface area contributed by atoms with Crippen molar-refractivity contribution in [3.05, 3.63) is 34.4 Å². The summed E-state index contributed by atoms with van der Waals surface area (Å²) in [5.41, 5.74) is 5.78. The molecule has 0 aromatic carbocycles. The van der Waals surface area contributed by atoms with Gasteiger partial charge in [0.15, 0.2) is 5.82 Å². The lowest BCUT2D eigenvalue weighted by atomic mass is 10.4. The second-order valence-corrected chi connectivity index (χ2v) is 5.04. The largest absolute Gasteiger partial charge is 0.368 e. The molecule has 8 heteroatoms. The molecule has 0 aliphatic rings. The molecule has 2 aromatic heterocycles. The number of anilines is 1. The summed E-state index contributed by atoms with van der Waals surface area (Å²) in [4.78, 5) is 26.6. The van der Waals surface area contributed by atoms with E-state index < -0.39 is 5.91 Å². The fourth-order valence-corrected chi connectivity index (χ4v) is 2.04. The highest BCUT2D eigenvalue weighted by atomic mass is 32.1. The normalized spacial score (nSPS) is 10.8. The number of hydrogen-bond acceptors (Lipinski definition) is 5. The summed E-state index contributed by atoms with van der Waals surface area (Å²) in [6, 6.07) is 1.58. The summed E-state index contributed by atoms with van der Waals surface area (Å²) in [7, 11) is 0. The molecule has 0 unspecified atom stereocenters. The van der Waals surface area contributed by atoms with Crippen LogP contribution < -0.4 is 11.1 Å². The van der Waals surface area contributed by atoms with E-state index in [4.69, 9.17) is 5.73 Å². The van der Waals surface area contributed by atoms with Gasteiger partial charge in [-0.15, -0.1) is 11.3 Å². The molecule has 7 nitrogen and oxygen atoms in total. The van der Waals surface area contributed by atoms with Crippen LogP contribution in [0.4, 0.5) is 5.82 Å². The minimum atomic E-state index is -0.496. The third kappa shape index (κ3) is 4.02. The maximum Gasteiger partial charge on any atom is 0.249 e. The number of amides is 2. The SMILES string of the molecule is Cc1nc(C=CC(=O)Nc2ccn(CC(N)=O)n2)cs1. The molecular weight excluding hydrogens is 278 g/mol. The zero-order valence-corrected chi connectivity index (χ0v) is 11.6. The van der Waals surface area contributed by atoms with Crippen molar-refractivity contribution in [3.8, 4) is 0 Å². The standard InChI is InChI=1S/C12H13N5O2S/c1-8-14-9(7-20-8)2-3-12(19)15-11-4-5-17(16-11)6-10(13)18/h2-5,7H,6H2,1H3,(H2,13,18)(H,15,16,19). The quantitative estimate of drug-likeness (QED) is 0.795. The van der Waals surface area contributed by atoms with E-state index >= 15 is 0 Å². The van der Waals surface area contributed by atoms with Gasteiger partial charge >= 0.3 is 0 Å². The van der Waals surface area contributed by atoms with Crippen molar-refractivity contribution in [3.63, 3.8) is 0 Å². The first kappa shape index (κ1) is 13.9. The number of nitrogens with one attached hydrogen (secondary N) is 1. The summed E-state index contributed by atoms with van der Waals surface area (Å²) in [5.74, 6) is -0.458. The van der Waals surface area contributed by atoms with Gasteiger partial charge < -0.3 is 11.1 Å². The van der Waals surface area contributed by atoms with Gasteiger partial charge in [-0.3, -0.25) is 14.3 Å². The number of aromatic nitrogens is 3. The first-order chi connectivity index (χ1) is 9.52. The number of hydrogen-bond donors (Lipinski definition) is 2. The Morgan fingerprint density at radius 3 is 3.00 bits per heavy atom. The molecule has 0 spiro atoms. The van der Waals surface area contributed by atoms with E-state index in [2.05, 4.69) is 15.4 Å². The van der Waals surface area contributed by atoms with E-state index in [1.54, 1.807) is 18.3 Å². The minimum absolute atomic E-state index is 0.0240. The molecule has 3 N–H and O–H groups in total. The average molecular weight is 291 g/mol. The molecule has 0 atom stereocenters. The molecule has 0 fully saturated rings. The summed E-state index contributed by atoms with van der Waals surface area (Å²) in [5, 5.41) is 9.37. The summed E-state index contributed by atoms with van der Waals surface area (Å²) in [6.45, 7) is 1.87. The number of carbonyl (C=O) groups excluding carboxylic acids is 2. The Balaban J connectivity index is 1.92. The number of nitrogens with two attached hydrogens (primary N) is 1. The van der Waals surface area contributed by atoms with Crippen molar-refractivity contribution in [1.82, 2.24) is 14.8 Å². The topological polar surface area (TPSA) is 103 Å². The van der Waals surface area contributed by atoms with Gasteiger partial charge in [0.05, 0.1) is 10.7 Å². The van der Waals surface area contributed by atoms with Crippen molar-refractivity contribution in [1.29, 1.82) is 0 Å². The minimum Gasteiger partial charge on any atom is -0.368 e. The van der Waals surface area contributed by atoms with Crippen molar-refractivity contribution in [2.24, 2.45) is 5.73 Å². The van der Waals surface area contributed by atoms with Crippen molar-refractivity contribution in [2.45, 2.75) is 13.5 Å². The first-order valence-electron chi connectivity index (χ1n) is 5.76. The van der Waals surface area contributed by atoms with Crippen LogP contribution in [0, 0.1) is 6.92 Å². The van der Waals surface area contributed by atoms with Gasteiger partial charge in [-0.25, -0.2) is 4.98 Å². The van der Waals surface area contributed by atoms with E-state index in [0.29, 0.717) is 5.82 Å². The molecule has 104 valence electrons. The molecule has 0 aliphatic carbocycles. The van der Waals surface area contributed by atoms with Gasteiger partial charge in [-0.1, -0.05) is 0 Å². The number of primary amides is 1. The maximum atomic E-state index is 11.7. The molecule has 2 heterocycles. The van der Waals surface area contributed by atoms with Gasteiger partial charge in [0.1, 0.15) is 6.54 Å². The van der Waals surface area contributed by atoms with E-state index in [9.17, 15) is 9.59 Å². The Kier molecular flexibility index (Phi) is 4.26. The van der Waals surface area contributed by atoms with E-state index in [1.807, 2.05) is 12.3 Å². The maximum absolute atomic E-state index is 11.7. The van der Waals surface area contributed by atoms with Crippen LogP contribution in [-0.4, -0.2) is 26.6 Å². The highest BCUT2D eigenvalue weighted by Crippen LogP contribution is 2.09. The van der Waals surface area contributed by atoms with Crippen LogP contribution in [0.3, 0.4) is 0 Å². The summed E-state index contributed by atoms with van der Waals surface area (Å²) in [6.07, 6.45) is 4.56. The molecule has 0 bridgehead atoms. The highest BCUT2D eigenvalue weighted by Gasteiger charge is 2.04. The van der Waals surface area contributed by atoms with Crippen LogP contribution in [0.5, 0.6) is 0 Å². The van der Waals surface area contributed by atoms with Crippen LogP contribution in [0.15, 0.2) is 23.7 Å². The lowest BCUT2D eigenvalue weighted by molar-refractivity contribution is -0.118. The Morgan fingerprint density at radius 1 is 1.55 bits per heavy atom. The molecule has 0 aliphatic heterocycles. The number of rotatable bonds is 5. The van der Waals surface area contributed by atoms with Crippen molar-refractivity contribution in [2.75, 3.05) is 5.32 Å². The average Bonchev–Trinajstić information content (AvgIpc) is 2.95. The molecular formula is C12H13N5O2S. The molecule has 0 saturated carbocycles. The fourth-order valence-electron chi connectivity index (χ4n) is 1.46. The van der Waals surface area contributed by atoms with Crippen molar-refractivity contribution >= 4 is 35.0 Å². The smallest absolute Gasteiger partial charge is 0.249 e. The Morgan fingerprint density at radius 2 is 2.35 bits per heavy atom. The van der Waals surface area contributed by atoms with E-state index in [0.717, 1.165) is 10.7 Å². The lowest BCUT2D eigenvalue weighted by Crippen LogP contribution is -2.19. The molecule has 2 rings (SSSR count). The monoisotopic (exact) mass is 291 g/mol. The van der Waals surface area contributed by atoms with Crippen LogP contribution in [0.1, 0.15) is 10.7 Å². The van der Waals surface area contributed by atoms with Gasteiger partial charge in [-0.2, -0.15) is 5.10 Å². The highest BCUT2D eigenvalue weighted by molar-refractivity contribution is 7.09. The number of thiazole rings is 1. The second kappa shape index (κ2) is 6.11. The van der Waals surface area contributed by atoms with Gasteiger partial charge in [-0.05, 0) is 13.0 Å². The predicted octanol–water partition coefficient (Wildman–Crippen LogP) is 0.785. The third-order valence-corrected chi connectivity index (χ3v) is 3.04. The molecule has 0 saturated heterocycles. The van der Waals surface area contributed by atoms with E-state index in [1.165, 1.54) is 22.1 Å². The Hall–Kier alpha value is -2.48. The molecule has 0 radical (unpaired) electrons. The first-order valence-corrected chi connectivity index (χ1v) is 6.64. The Labute approximate surface area is 119 Å². The summed E-state index contributed by atoms with van der Waals surface area (Å²) < 4.78 is 1.35. The molecule has 2 amide bonds. The summed E-state index contributed by atoms with van der Waals surface area (Å²) >= 11 is 1.52. The van der Waals surface area contributed by atoms with Gasteiger partial charge in [0.25, 0.3) is 0 Å².